The molecule has 0 saturated carbocycles. The van der Waals surface area contributed by atoms with Crippen molar-refractivity contribution in [3.8, 4) is 5.75 Å². The summed E-state index contributed by atoms with van der Waals surface area (Å²) in [6, 6.07) is 7.47. The van der Waals surface area contributed by atoms with Crippen LogP contribution in [0.3, 0.4) is 0 Å². The molecule has 0 radical (unpaired) electrons. The summed E-state index contributed by atoms with van der Waals surface area (Å²) in [5.74, 6) is 0.266. The van der Waals surface area contributed by atoms with Crippen molar-refractivity contribution < 1.29 is 9.90 Å². The molecule has 1 aromatic carbocycles. The second kappa shape index (κ2) is 5.71. The lowest BCUT2D eigenvalue weighted by molar-refractivity contribution is -0.0266. The highest BCUT2D eigenvalue weighted by Gasteiger charge is 2.57. The van der Waals surface area contributed by atoms with Gasteiger partial charge in [0.1, 0.15) is 5.75 Å². The summed E-state index contributed by atoms with van der Waals surface area (Å²) in [4.78, 5) is 19.2. The van der Waals surface area contributed by atoms with Gasteiger partial charge in [0.05, 0.1) is 10.6 Å². The van der Waals surface area contributed by atoms with Gasteiger partial charge in [-0.2, -0.15) is 0 Å². The first-order valence-corrected chi connectivity index (χ1v) is 9.37. The van der Waals surface area contributed by atoms with Gasteiger partial charge in [-0.1, -0.05) is 44.5 Å². The van der Waals surface area contributed by atoms with Crippen molar-refractivity contribution in [3.05, 3.63) is 58.4 Å². The van der Waals surface area contributed by atoms with Gasteiger partial charge >= 0.3 is 0 Å². The van der Waals surface area contributed by atoms with Gasteiger partial charge in [0.2, 0.25) is 0 Å². The second-order valence-corrected chi connectivity index (χ2v) is 8.59. The molecule has 1 saturated heterocycles. The molecule has 2 atom stereocenters. The van der Waals surface area contributed by atoms with Crippen LogP contribution in [0.5, 0.6) is 5.75 Å². The molecule has 4 nitrogen and oxygen atoms in total. The smallest absolute Gasteiger partial charge is 0.255 e. The van der Waals surface area contributed by atoms with Crippen LogP contribution in [0.1, 0.15) is 48.7 Å². The third-order valence-electron chi connectivity index (χ3n) is 6.89. The Labute approximate surface area is 158 Å². The Hall–Kier alpha value is -2.07. The number of likely N-dealkylation sites (tertiary alicyclic amines) is 1. The number of phenolic OH excluding ortho intramolecular Hbond substituents is 1. The van der Waals surface area contributed by atoms with Gasteiger partial charge in [0.15, 0.2) is 0 Å². The van der Waals surface area contributed by atoms with E-state index in [9.17, 15) is 9.90 Å². The standard InChI is InChI=1S/C21H23ClN2O2/c1-20(2)18-11-14-15(5-4-6-17(14)25)21(20,3)8-10-24(18)19(26)13-7-9-23-12-16(13)22/h4-7,9,12,18,25H,8,10-11H2,1-3H3/t18-,21+/m1/s1. The largest absolute Gasteiger partial charge is 0.508 e. The number of carbonyl (C=O) groups is 1. The molecule has 1 aliphatic heterocycles. The Balaban J connectivity index is 1.81. The maximum atomic E-state index is 13.3. The van der Waals surface area contributed by atoms with Crippen molar-refractivity contribution in [1.29, 1.82) is 0 Å². The summed E-state index contributed by atoms with van der Waals surface area (Å²) < 4.78 is 0. The maximum Gasteiger partial charge on any atom is 0.255 e. The van der Waals surface area contributed by atoms with Gasteiger partial charge in [-0.25, -0.2) is 0 Å². The van der Waals surface area contributed by atoms with Crippen LogP contribution in [-0.4, -0.2) is 33.5 Å². The van der Waals surface area contributed by atoms with Gasteiger partial charge in [0, 0.05) is 30.4 Å². The average molecular weight is 371 g/mol. The van der Waals surface area contributed by atoms with Crippen LogP contribution in [0.15, 0.2) is 36.7 Å². The first-order chi connectivity index (χ1) is 12.3. The minimum atomic E-state index is -0.124. The Morgan fingerprint density at radius 1 is 1.31 bits per heavy atom. The highest BCUT2D eigenvalue weighted by molar-refractivity contribution is 6.33. The number of amides is 1. The van der Waals surface area contributed by atoms with E-state index in [0.29, 0.717) is 29.3 Å². The summed E-state index contributed by atoms with van der Waals surface area (Å²) in [7, 11) is 0. The van der Waals surface area contributed by atoms with E-state index in [1.54, 1.807) is 18.3 Å². The minimum Gasteiger partial charge on any atom is -0.508 e. The van der Waals surface area contributed by atoms with E-state index in [1.165, 1.54) is 11.8 Å². The zero-order chi connectivity index (χ0) is 18.7. The molecule has 1 amide bonds. The van der Waals surface area contributed by atoms with Crippen LogP contribution < -0.4 is 0 Å². The monoisotopic (exact) mass is 370 g/mol. The van der Waals surface area contributed by atoms with E-state index in [0.717, 1.165) is 12.0 Å². The number of aromatic hydroxyl groups is 1. The van der Waals surface area contributed by atoms with E-state index in [1.807, 2.05) is 11.0 Å². The normalized spacial score (nSPS) is 26.3. The molecule has 1 aliphatic carbocycles. The number of phenols is 1. The van der Waals surface area contributed by atoms with E-state index in [2.05, 4.69) is 31.8 Å². The van der Waals surface area contributed by atoms with Gasteiger partial charge in [-0.3, -0.25) is 9.78 Å². The molecule has 1 fully saturated rings. The molecular formula is C21H23ClN2O2. The fourth-order valence-corrected chi connectivity index (χ4v) is 5.07. The molecule has 2 bridgehead atoms. The lowest BCUT2D eigenvalue weighted by Crippen LogP contribution is -2.64. The zero-order valence-electron chi connectivity index (χ0n) is 15.3. The Morgan fingerprint density at radius 3 is 2.81 bits per heavy atom. The van der Waals surface area contributed by atoms with Gasteiger partial charge in [-0.05, 0) is 41.5 Å². The zero-order valence-corrected chi connectivity index (χ0v) is 16.0. The van der Waals surface area contributed by atoms with Crippen molar-refractivity contribution in [1.82, 2.24) is 9.88 Å². The third kappa shape index (κ3) is 2.21. The lowest BCUT2D eigenvalue weighted by Gasteiger charge is -2.60. The molecule has 136 valence electrons. The number of nitrogens with zero attached hydrogens (tertiary/aromatic N) is 2. The fraction of sp³-hybridized carbons (Fsp3) is 0.429. The Kier molecular flexibility index (Phi) is 3.81. The summed E-state index contributed by atoms with van der Waals surface area (Å²) >= 11 is 6.23. The molecule has 2 heterocycles. The average Bonchev–Trinajstić information content (AvgIpc) is 2.59. The van der Waals surface area contributed by atoms with E-state index >= 15 is 0 Å². The molecule has 2 aromatic rings. The van der Waals surface area contributed by atoms with Crippen LogP contribution in [0.4, 0.5) is 0 Å². The number of pyridine rings is 1. The predicted molar refractivity (Wildman–Crippen MR) is 102 cm³/mol. The fourth-order valence-electron chi connectivity index (χ4n) is 4.87. The number of hydrogen-bond acceptors (Lipinski definition) is 3. The summed E-state index contributed by atoms with van der Waals surface area (Å²) in [6.07, 6.45) is 4.61. The second-order valence-electron chi connectivity index (χ2n) is 8.18. The summed E-state index contributed by atoms with van der Waals surface area (Å²) in [5.41, 5.74) is 2.46. The molecule has 26 heavy (non-hydrogen) atoms. The van der Waals surface area contributed by atoms with Crippen LogP contribution in [0, 0.1) is 5.41 Å². The molecular weight excluding hydrogens is 348 g/mol. The molecule has 1 aromatic heterocycles. The summed E-state index contributed by atoms with van der Waals surface area (Å²) in [5, 5.41) is 10.8. The van der Waals surface area contributed by atoms with Crippen LogP contribution in [0.25, 0.3) is 0 Å². The summed E-state index contributed by atoms with van der Waals surface area (Å²) in [6.45, 7) is 7.41. The van der Waals surface area contributed by atoms with Crippen molar-refractivity contribution in [2.45, 2.75) is 45.1 Å². The number of hydrogen-bond donors (Lipinski definition) is 1. The highest BCUT2D eigenvalue weighted by Crippen LogP contribution is 2.57. The lowest BCUT2D eigenvalue weighted by atomic mass is 9.51. The first-order valence-electron chi connectivity index (χ1n) is 8.99. The molecule has 5 heteroatoms. The molecule has 1 N–H and O–H groups in total. The van der Waals surface area contributed by atoms with Gasteiger partial charge in [-0.15, -0.1) is 0 Å². The van der Waals surface area contributed by atoms with Crippen molar-refractivity contribution in [3.63, 3.8) is 0 Å². The number of fused-ring (bicyclic) bond motifs is 4. The molecule has 4 rings (SSSR count). The first kappa shape index (κ1) is 17.3. The third-order valence-corrected chi connectivity index (χ3v) is 7.19. The van der Waals surface area contributed by atoms with E-state index in [-0.39, 0.29) is 22.8 Å². The number of piperidine rings is 1. The number of rotatable bonds is 1. The Bertz CT molecular complexity index is 895. The van der Waals surface area contributed by atoms with E-state index < -0.39 is 0 Å². The number of benzene rings is 1. The maximum absolute atomic E-state index is 13.3. The van der Waals surface area contributed by atoms with Crippen LogP contribution in [0.2, 0.25) is 5.02 Å². The molecule has 2 aliphatic rings. The van der Waals surface area contributed by atoms with Crippen molar-refractivity contribution >= 4 is 17.5 Å². The van der Waals surface area contributed by atoms with E-state index in [4.69, 9.17) is 11.6 Å². The van der Waals surface area contributed by atoms with Gasteiger partial charge < -0.3 is 10.0 Å². The highest BCUT2D eigenvalue weighted by atomic mass is 35.5. The quantitative estimate of drug-likeness (QED) is 0.818. The Morgan fingerprint density at radius 2 is 2.08 bits per heavy atom. The topological polar surface area (TPSA) is 53.4 Å². The number of aromatic nitrogens is 1. The number of carbonyl (C=O) groups excluding carboxylic acids is 1. The molecule has 0 unspecified atom stereocenters. The molecule has 0 spiro atoms. The van der Waals surface area contributed by atoms with Crippen LogP contribution >= 0.6 is 11.6 Å². The van der Waals surface area contributed by atoms with Crippen LogP contribution in [-0.2, 0) is 11.8 Å². The minimum absolute atomic E-state index is 0.00113. The SMILES string of the molecule is CC1(C)[C@H]2Cc3c(O)cccc3[C@]1(C)CCN2C(=O)c1ccncc1Cl. The van der Waals surface area contributed by atoms with Gasteiger partial charge in [0.25, 0.3) is 5.91 Å². The van der Waals surface area contributed by atoms with Crippen molar-refractivity contribution in [2.24, 2.45) is 5.41 Å². The van der Waals surface area contributed by atoms with Crippen molar-refractivity contribution in [2.75, 3.05) is 6.54 Å². The predicted octanol–water partition coefficient (Wildman–Crippen LogP) is 4.20. The number of halogens is 1.